The Morgan fingerprint density at radius 1 is 1.41 bits per heavy atom. The van der Waals surface area contributed by atoms with Gasteiger partial charge >= 0.3 is 0 Å². The lowest BCUT2D eigenvalue weighted by Crippen LogP contribution is -2.40. The van der Waals surface area contributed by atoms with Crippen LogP contribution in [0.4, 0.5) is 4.39 Å². The second-order valence-electron chi connectivity index (χ2n) is 4.33. The number of likely N-dealkylation sites (tertiary alicyclic amines) is 1. The van der Waals surface area contributed by atoms with E-state index in [1.165, 1.54) is 11.0 Å². The molecule has 0 aromatic heterocycles. The Morgan fingerprint density at radius 2 is 2.18 bits per heavy atom. The zero-order valence-corrected chi connectivity index (χ0v) is 9.70. The number of amides is 1. The minimum absolute atomic E-state index is 0.0668. The number of carbonyl (C=O) groups excluding carboxylic acids is 2. The van der Waals surface area contributed by atoms with Gasteiger partial charge in [0.15, 0.2) is 5.78 Å². The van der Waals surface area contributed by atoms with Gasteiger partial charge in [-0.05, 0) is 31.0 Å². The molecule has 0 spiro atoms. The van der Waals surface area contributed by atoms with Crippen LogP contribution in [0.1, 0.15) is 28.8 Å². The summed E-state index contributed by atoms with van der Waals surface area (Å²) >= 11 is 0. The molecule has 1 heterocycles. The van der Waals surface area contributed by atoms with Crippen molar-refractivity contribution in [3.05, 3.63) is 35.1 Å². The van der Waals surface area contributed by atoms with Crippen LogP contribution >= 0.6 is 0 Å². The molecule has 0 unspecified atom stereocenters. The molecular weight excluding hydrogens is 221 g/mol. The first-order chi connectivity index (χ1) is 8.08. The number of ketones is 1. The van der Waals surface area contributed by atoms with E-state index >= 15 is 0 Å². The molecule has 1 aromatic rings. The molecule has 0 bridgehead atoms. The Morgan fingerprint density at radius 3 is 2.82 bits per heavy atom. The highest BCUT2D eigenvalue weighted by Gasteiger charge is 2.22. The molecular formula is C13H14FNO2. The van der Waals surface area contributed by atoms with Crippen molar-refractivity contribution >= 4 is 11.7 Å². The predicted molar refractivity (Wildman–Crippen MR) is 61.3 cm³/mol. The average Bonchev–Trinajstić information content (AvgIpc) is 2.32. The van der Waals surface area contributed by atoms with E-state index < -0.39 is 0 Å². The highest BCUT2D eigenvalue weighted by molar-refractivity contribution is 5.97. The molecule has 90 valence electrons. The third kappa shape index (κ3) is 2.52. The highest BCUT2D eigenvalue weighted by atomic mass is 19.1. The van der Waals surface area contributed by atoms with Crippen LogP contribution in [0.5, 0.6) is 0 Å². The lowest BCUT2D eigenvalue weighted by Gasteiger charge is -2.25. The SMILES string of the molecule is Cc1ccc(C(=O)N2CCCC(=O)C2)cc1F. The third-order valence-corrected chi connectivity index (χ3v) is 2.96. The van der Waals surface area contributed by atoms with Gasteiger partial charge in [0.25, 0.3) is 5.91 Å². The van der Waals surface area contributed by atoms with Crippen molar-refractivity contribution in [3.8, 4) is 0 Å². The molecule has 1 saturated heterocycles. The monoisotopic (exact) mass is 235 g/mol. The van der Waals surface area contributed by atoms with E-state index in [2.05, 4.69) is 0 Å². The summed E-state index contributed by atoms with van der Waals surface area (Å²) in [5.41, 5.74) is 0.819. The van der Waals surface area contributed by atoms with E-state index in [9.17, 15) is 14.0 Å². The summed E-state index contributed by atoms with van der Waals surface area (Å²) < 4.78 is 13.3. The first-order valence-corrected chi connectivity index (χ1v) is 5.65. The third-order valence-electron chi connectivity index (χ3n) is 2.96. The van der Waals surface area contributed by atoms with Crippen LogP contribution in [0.25, 0.3) is 0 Å². The van der Waals surface area contributed by atoms with Crippen molar-refractivity contribution in [1.82, 2.24) is 4.90 Å². The number of nitrogens with zero attached hydrogens (tertiary/aromatic N) is 1. The fourth-order valence-electron chi connectivity index (χ4n) is 1.92. The molecule has 2 rings (SSSR count). The smallest absolute Gasteiger partial charge is 0.254 e. The van der Waals surface area contributed by atoms with Crippen molar-refractivity contribution in [2.45, 2.75) is 19.8 Å². The van der Waals surface area contributed by atoms with Crippen LogP contribution in [-0.4, -0.2) is 29.7 Å². The van der Waals surface area contributed by atoms with Crippen LogP contribution < -0.4 is 0 Å². The maximum Gasteiger partial charge on any atom is 0.254 e. The fraction of sp³-hybridized carbons (Fsp3) is 0.385. The van der Waals surface area contributed by atoms with Crippen molar-refractivity contribution in [2.24, 2.45) is 0 Å². The molecule has 4 heteroatoms. The minimum Gasteiger partial charge on any atom is -0.331 e. The summed E-state index contributed by atoms with van der Waals surface area (Å²) in [7, 11) is 0. The van der Waals surface area contributed by atoms with Crippen molar-refractivity contribution in [1.29, 1.82) is 0 Å². The molecule has 0 atom stereocenters. The van der Waals surface area contributed by atoms with Gasteiger partial charge in [0.1, 0.15) is 5.82 Å². The molecule has 17 heavy (non-hydrogen) atoms. The van der Waals surface area contributed by atoms with Gasteiger partial charge in [-0.1, -0.05) is 6.07 Å². The van der Waals surface area contributed by atoms with Crippen molar-refractivity contribution < 1.29 is 14.0 Å². The standard InChI is InChI=1S/C13H14FNO2/c1-9-4-5-10(7-12(9)14)13(17)15-6-2-3-11(16)8-15/h4-5,7H,2-3,6,8H2,1H3. The first kappa shape index (κ1) is 11.8. The van der Waals surface area contributed by atoms with Gasteiger partial charge in [0.2, 0.25) is 0 Å². The zero-order valence-electron chi connectivity index (χ0n) is 9.70. The summed E-state index contributed by atoms with van der Waals surface area (Å²) in [5, 5.41) is 0. The Kier molecular flexibility index (Phi) is 3.22. The number of aryl methyl sites for hydroxylation is 1. The van der Waals surface area contributed by atoms with E-state index in [0.717, 1.165) is 0 Å². The molecule has 0 radical (unpaired) electrons. The zero-order chi connectivity index (χ0) is 12.4. The lowest BCUT2D eigenvalue weighted by molar-refractivity contribution is -0.121. The van der Waals surface area contributed by atoms with Crippen LogP contribution in [0.2, 0.25) is 0 Å². The van der Waals surface area contributed by atoms with E-state index in [4.69, 9.17) is 0 Å². The maximum absolute atomic E-state index is 13.3. The van der Waals surface area contributed by atoms with Crippen LogP contribution in [0, 0.1) is 12.7 Å². The molecule has 1 aliphatic heterocycles. The molecule has 3 nitrogen and oxygen atoms in total. The van der Waals surface area contributed by atoms with E-state index in [1.54, 1.807) is 19.1 Å². The molecule has 0 N–H and O–H groups in total. The summed E-state index contributed by atoms with van der Waals surface area (Å²) in [6.07, 6.45) is 1.23. The quantitative estimate of drug-likeness (QED) is 0.746. The predicted octanol–water partition coefficient (Wildman–Crippen LogP) is 1.94. The maximum atomic E-state index is 13.3. The van der Waals surface area contributed by atoms with Crippen molar-refractivity contribution in [3.63, 3.8) is 0 Å². The molecule has 1 fully saturated rings. The van der Waals surface area contributed by atoms with E-state index in [-0.39, 0.29) is 24.1 Å². The number of halogens is 1. The number of benzene rings is 1. The summed E-state index contributed by atoms with van der Waals surface area (Å²) in [4.78, 5) is 24.8. The molecule has 0 saturated carbocycles. The number of hydrogen-bond donors (Lipinski definition) is 0. The van der Waals surface area contributed by atoms with Crippen LogP contribution in [0.3, 0.4) is 0 Å². The van der Waals surface area contributed by atoms with Crippen LogP contribution in [-0.2, 0) is 4.79 Å². The van der Waals surface area contributed by atoms with Crippen molar-refractivity contribution in [2.75, 3.05) is 13.1 Å². The Balaban J connectivity index is 2.18. The topological polar surface area (TPSA) is 37.4 Å². The Bertz CT molecular complexity index is 470. The van der Waals surface area contributed by atoms with E-state index in [1.807, 2.05) is 0 Å². The minimum atomic E-state index is -0.390. The second-order valence-corrected chi connectivity index (χ2v) is 4.33. The second kappa shape index (κ2) is 4.65. The number of piperidine rings is 1. The molecule has 1 amide bonds. The largest absolute Gasteiger partial charge is 0.331 e. The number of hydrogen-bond acceptors (Lipinski definition) is 2. The Labute approximate surface area is 99.2 Å². The van der Waals surface area contributed by atoms with Gasteiger partial charge in [0, 0.05) is 18.5 Å². The molecule has 1 aromatic carbocycles. The summed E-state index contributed by atoms with van der Waals surface area (Å²) in [5.74, 6) is -0.590. The van der Waals surface area contributed by atoms with Gasteiger partial charge < -0.3 is 4.90 Å². The normalized spacial score (nSPS) is 16.1. The van der Waals surface area contributed by atoms with Gasteiger partial charge in [-0.25, -0.2) is 4.39 Å². The van der Waals surface area contributed by atoms with Crippen LogP contribution in [0.15, 0.2) is 18.2 Å². The number of rotatable bonds is 1. The first-order valence-electron chi connectivity index (χ1n) is 5.65. The number of Topliss-reactive ketones (excluding diaryl/α,β-unsaturated/α-hetero) is 1. The van der Waals surface area contributed by atoms with Gasteiger partial charge in [0.05, 0.1) is 6.54 Å². The van der Waals surface area contributed by atoms with Gasteiger partial charge in [-0.2, -0.15) is 0 Å². The Hall–Kier alpha value is -1.71. The molecule has 0 aliphatic carbocycles. The summed E-state index contributed by atoms with van der Waals surface area (Å²) in [6, 6.07) is 4.41. The fourth-order valence-corrected chi connectivity index (χ4v) is 1.92. The van der Waals surface area contributed by atoms with Gasteiger partial charge in [-0.15, -0.1) is 0 Å². The molecule has 1 aliphatic rings. The lowest BCUT2D eigenvalue weighted by atomic mass is 10.1. The van der Waals surface area contributed by atoms with Gasteiger partial charge in [-0.3, -0.25) is 9.59 Å². The highest BCUT2D eigenvalue weighted by Crippen LogP contribution is 2.14. The van der Waals surface area contributed by atoms with E-state index in [0.29, 0.717) is 30.5 Å². The number of carbonyl (C=O) groups is 2. The average molecular weight is 235 g/mol. The summed E-state index contributed by atoms with van der Waals surface area (Å²) in [6.45, 7) is 2.36.